The molecule has 4 heteroatoms. The van der Waals surface area contributed by atoms with Crippen LogP contribution >= 0.6 is 0 Å². The van der Waals surface area contributed by atoms with E-state index in [9.17, 15) is 9.59 Å². The fourth-order valence-electron chi connectivity index (χ4n) is 1.02. The standard InChI is InChI=1S/C8H12O4/c1-3-5(7(9)10)6(4-2)8(11)12/h3,5-6H,1,4H2,2H3,(H,9,10)(H,11,12). The van der Waals surface area contributed by atoms with Crippen LogP contribution in [0.3, 0.4) is 0 Å². The molecule has 0 amide bonds. The number of hydrogen-bond acceptors (Lipinski definition) is 2. The molecule has 0 saturated heterocycles. The highest BCUT2D eigenvalue weighted by Gasteiger charge is 2.29. The van der Waals surface area contributed by atoms with Crippen LogP contribution < -0.4 is 0 Å². The summed E-state index contributed by atoms with van der Waals surface area (Å²) in [6.07, 6.45) is 1.45. The lowest BCUT2D eigenvalue weighted by Gasteiger charge is -2.14. The van der Waals surface area contributed by atoms with Crippen molar-refractivity contribution in [3.63, 3.8) is 0 Å². The molecule has 0 bridgehead atoms. The maximum Gasteiger partial charge on any atom is 0.311 e. The van der Waals surface area contributed by atoms with E-state index in [1.165, 1.54) is 0 Å². The van der Waals surface area contributed by atoms with Crippen molar-refractivity contribution in [1.82, 2.24) is 0 Å². The van der Waals surface area contributed by atoms with Crippen molar-refractivity contribution in [1.29, 1.82) is 0 Å². The van der Waals surface area contributed by atoms with E-state index in [4.69, 9.17) is 10.2 Å². The van der Waals surface area contributed by atoms with Gasteiger partial charge < -0.3 is 10.2 Å². The van der Waals surface area contributed by atoms with E-state index in [0.29, 0.717) is 6.42 Å². The van der Waals surface area contributed by atoms with E-state index in [0.717, 1.165) is 6.08 Å². The summed E-state index contributed by atoms with van der Waals surface area (Å²) in [5, 5.41) is 17.2. The van der Waals surface area contributed by atoms with Crippen LogP contribution in [0.25, 0.3) is 0 Å². The first-order valence-electron chi connectivity index (χ1n) is 3.62. The molecule has 0 aliphatic heterocycles. The van der Waals surface area contributed by atoms with Crippen LogP contribution in [0.5, 0.6) is 0 Å². The summed E-state index contributed by atoms with van der Waals surface area (Å²) in [4.78, 5) is 21.0. The average molecular weight is 172 g/mol. The third kappa shape index (κ3) is 2.38. The summed E-state index contributed by atoms with van der Waals surface area (Å²) in [7, 11) is 0. The van der Waals surface area contributed by atoms with Crippen molar-refractivity contribution in [2.24, 2.45) is 11.8 Å². The predicted molar refractivity (Wildman–Crippen MR) is 42.7 cm³/mol. The van der Waals surface area contributed by atoms with Gasteiger partial charge in [-0.15, -0.1) is 6.58 Å². The fourth-order valence-corrected chi connectivity index (χ4v) is 1.02. The number of carboxylic acid groups (broad SMARTS) is 2. The van der Waals surface area contributed by atoms with Crippen LogP contribution in [0, 0.1) is 11.8 Å². The number of rotatable bonds is 5. The van der Waals surface area contributed by atoms with E-state index in [1.807, 2.05) is 0 Å². The summed E-state index contributed by atoms with van der Waals surface area (Å²) >= 11 is 0. The highest BCUT2D eigenvalue weighted by molar-refractivity contribution is 5.81. The first-order valence-corrected chi connectivity index (χ1v) is 3.62. The molecule has 4 nitrogen and oxygen atoms in total. The molecule has 0 aliphatic rings. The smallest absolute Gasteiger partial charge is 0.311 e. The molecule has 0 heterocycles. The Morgan fingerprint density at radius 2 is 1.92 bits per heavy atom. The van der Waals surface area contributed by atoms with Crippen molar-refractivity contribution in [2.45, 2.75) is 13.3 Å². The van der Waals surface area contributed by atoms with Crippen molar-refractivity contribution < 1.29 is 19.8 Å². The van der Waals surface area contributed by atoms with Gasteiger partial charge in [-0.05, 0) is 6.42 Å². The van der Waals surface area contributed by atoms with Crippen LogP contribution in [-0.4, -0.2) is 22.2 Å². The molecule has 12 heavy (non-hydrogen) atoms. The quantitative estimate of drug-likeness (QED) is 0.606. The minimum Gasteiger partial charge on any atom is -0.481 e. The van der Waals surface area contributed by atoms with Crippen LogP contribution in [0.4, 0.5) is 0 Å². The molecule has 0 aromatic rings. The zero-order chi connectivity index (χ0) is 9.72. The lowest BCUT2D eigenvalue weighted by molar-refractivity contribution is -0.151. The molecule has 0 radical (unpaired) electrons. The predicted octanol–water partition coefficient (Wildman–Crippen LogP) is 0.984. The minimum atomic E-state index is -1.14. The molecular weight excluding hydrogens is 160 g/mol. The Morgan fingerprint density at radius 3 is 2.00 bits per heavy atom. The number of carboxylic acids is 2. The van der Waals surface area contributed by atoms with Crippen LogP contribution in [-0.2, 0) is 9.59 Å². The molecule has 0 aromatic carbocycles. The van der Waals surface area contributed by atoms with E-state index in [1.54, 1.807) is 6.92 Å². The van der Waals surface area contributed by atoms with Crippen LogP contribution in [0.2, 0.25) is 0 Å². The fraction of sp³-hybridized carbons (Fsp3) is 0.500. The Kier molecular flexibility index (Phi) is 4.04. The molecule has 0 spiro atoms. The second-order valence-electron chi connectivity index (χ2n) is 2.45. The first-order chi connectivity index (χ1) is 5.54. The molecule has 0 saturated carbocycles. The summed E-state index contributed by atoms with van der Waals surface area (Å²) in [5.74, 6) is -4.10. The summed E-state index contributed by atoms with van der Waals surface area (Å²) < 4.78 is 0. The third-order valence-electron chi connectivity index (χ3n) is 1.73. The van der Waals surface area contributed by atoms with Crippen molar-refractivity contribution in [3.8, 4) is 0 Å². The van der Waals surface area contributed by atoms with Gasteiger partial charge in [-0.3, -0.25) is 9.59 Å². The van der Waals surface area contributed by atoms with E-state index >= 15 is 0 Å². The van der Waals surface area contributed by atoms with E-state index < -0.39 is 23.8 Å². The molecule has 68 valence electrons. The van der Waals surface area contributed by atoms with Gasteiger partial charge in [0.2, 0.25) is 0 Å². The van der Waals surface area contributed by atoms with Gasteiger partial charge in [-0.1, -0.05) is 13.0 Å². The molecular formula is C8H12O4. The first kappa shape index (κ1) is 10.7. The lowest BCUT2D eigenvalue weighted by atomic mass is 9.90. The maximum atomic E-state index is 10.5. The monoisotopic (exact) mass is 172 g/mol. The SMILES string of the molecule is C=CC(C(=O)O)C(CC)C(=O)O. The Bertz CT molecular complexity index is 197. The van der Waals surface area contributed by atoms with Gasteiger partial charge in [-0.2, -0.15) is 0 Å². The summed E-state index contributed by atoms with van der Waals surface area (Å²) in [5.41, 5.74) is 0. The molecule has 0 aromatic heterocycles. The molecule has 2 unspecified atom stereocenters. The second-order valence-corrected chi connectivity index (χ2v) is 2.45. The molecule has 0 rings (SSSR count). The summed E-state index contributed by atoms with van der Waals surface area (Å²) in [6, 6.07) is 0. The maximum absolute atomic E-state index is 10.5. The normalized spacial score (nSPS) is 14.8. The topological polar surface area (TPSA) is 74.6 Å². The van der Waals surface area contributed by atoms with Gasteiger partial charge in [0, 0.05) is 0 Å². The highest BCUT2D eigenvalue weighted by atomic mass is 16.4. The number of hydrogen-bond donors (Lipinski definition) is 2. The van der Waals surface area contributed by atoms with Crippen LogP contribution in [0.1, 0.15) is 13.3 Å². The van der Waals surface area contributed by atoms with Gasteiger partial charge in [-0.25, -0.2) is 0 Å². The Balaban J connectivity index is 4.55. The van der Waals surface area contributed by atoms with Gasteiger partial charge >= 0.3 is 11.9 Å². The van der Waals surface area contributed by atoms with Crippen molar-refractivity contribution in [3.05, 3.63) is 12.7 Å². The molecule has 0 fully saturated rings. The number of aliphatic carboxylic acids is 2. The van der Waals surface area contributed by atoms with Gasteiger partial charge in [0.05, 0.1) is 11.8 Å². The van der Waals surface area contributed by atoms with E-state index in [2.05, 4.69) is 6.58 Å². The Hall–Kier alpha value is -1.32. The largest absolute Gasteiger partial charge is 0.481 e. The average Bonchev–Trinajstić information content (AvgIpc) is 1.98. The van der Waals surface area contributed by atoms with Gasteiger partial charge in [0.25, 0.3) is 0 Å². The zero-order valence-electron chi connectivity index (χ0n) is 6.86. The van der Waals surface area contributed by atoms with E-state index in [-0.39, 0.29) is 0 Å². The molecule has 0 aliphatic carbocycles. The highest BCUT2D eigenvalue weighted by Crippen LogP contribution is 2.17. The second kappa shape index (κ2) is 4.54. The Morgan fingerprint density at radius 1 is 1.42 bits per heavy atom. The van der Waals surface area contributed by atoms with Gasteiger partial charge in [0.15, 0.2) is 0 Å². The van der Waals surface area contributed by atoms with Crippen molar-refractivity contribution >= 4 is 11.9 Å². The number of carbonyl (C=O) groups is 2. The summed E-state index contributed by atoms with van der Waals surface area (Å²) in [6.45, 7) is 4.93. The minimum absolute atomic E-state index is 0.290. The third-order valence-corrected chi connectivity index (χ3v) is 1.73. The zero-order valence-corrected chi connectivity index (χ0v) is 6.86. The van der Waals surface area contributed by atoms with Crippen molar-refractivity contribution in [2.75, 3.05) is 0 Å². The van der Waals surface area contributed by atoms with Gasteiger partial charge in [0.1, 0.15) is 0 Å². The van der Waals surface area contributed by atoms with Crippen LogP contribution in [0.15, 0.2) is 12.7 Å². The Labute approximate surface area is 70.5 Å². The lowest BCUT2D eigenvalue weighted by Crippen LogP contribution is -2.27. The molecule has 2 atom stereocenters. The molecule has 2 N–H and O–H groups in total.